The Balaban J connectivity index is 2.14. The molecular formula is C15H17NO. The second-order valence-electron chi connectivity index (χ2n) is 4.32. The number of aliphatic hydroxyl groups excluding tert-OH is 1. The standard InChI is InChI=1S/C15H17NO/c1-11-4-2-3-5-14(11)15(17)10-12-6-8-13(16)9-7-12/h2-9,15,17H,10,16H2,1H3. The van der Waals surface area contributed by atoms with E-state index in [1.807, 2.05) is 55.5 Å². The zero-order valence-electron chi connectivity index (χ0n) is 9.93. The number of nitrogen functional groups attached to an aromatic ring is 1. The molecule has 2 heteroatoms. The van der Waals surface area contributed by atoms with Crippen LogP contribution in [0.25, 0.3) is 0 Å². The van der Waals surface area contributed by atoms with E-state index in [0.717, 1.165) is 22.4 Å². The third-order valence-corrected chi connectivity index (χ3v) is 2.96. The molecule has 2 rings (SSSR count). The van der Waals surface area contributed by atoms with E-state index in [1.165, 1.54) is 0 Å². The molecule has 2 aromatic rings. The van der Waals surface area contributed by atoms with Gasteiger partial charge in [0.25, 0.3) is 0 Å². The van der Waals surface area contributed by atoms with Gasteiger partial charge in [-0.25, -0.2) is 0 Å². The summed E-state index contributed by atoms with van der Waals surface area (Å²) in [6.07, 6.45) is 0.158. The van der Waals surface area contributed by atoms with Crippen LogP contribution in [0.3, 0.4) is 0 Å². The van der Waals surface area contributed by atoms with Gasteiger partial charge in [0.05, 0.1) is 6.10 Å². The maximum absolute atomic E-state index is 10.2. The van der Waals surface area contributed by atoms with Gasteiger partial charge >= 0.3 is 0 Å². The lowest BCUT2D eigenvalue weighted by molar-refractivity contribution is 0.178. The van der Waals surface area contributed by atoms with E-state index < -0.39 is 6.10 Å². The van der Waals surface area contributed by atoms with E-state index in [9.17, 15) is 5.11 Å². The van der Waals surface area contributed by atoms with Gasteiger partial charge < -0.3 is 10.8 Å². The number of hydrogen-bond donors (Lipinski definition) is 2. The Hall–Kier alpha value is -1.80. The van der Waals surface area contributed by atoms with Crippen molar-refractivity contribution in [3.05, 3.63) is 65.2 Å². The highest BCUT2D eigenvalue weighted by Gasteiger charge is 2.10. The molecule has 0 heterocycles. The zero-order valence-corrected chi connectivity index (χ0v) is 9.93. The normalized spacial score (nSPS) is 12.4. The number of rotatable bonds is 3. The molecule has 0 saturated heterocycles. The molecule has 0 aliphatic heterocycles. The average molecular weight is 227 g/mol. The minimum absolute atomic E-state index is 0.458. The first-order valence-corrected chi connectivity index (χ1v) is 5.75. The van der Waals surface area contributed by atoms with Crippen molar-refractivity contribution >= 4 is 5.69 Å². The second-order valence-corrected chi connectivity index (χ2v) is 4.32. The quantitative estimate of drug-likeness (QED) is 0.792. The predicted molar refractivity (Wildman–Crippen MR) is 70.7 cm³/mol. The number of anilines is 1. The van der Waals surface area contributed by atoms with Crippen molar-refractivity contribution in [3.63, 3.8) is 0 Å². The summed E-state index contributed by atoms with van der Waals surface area (Å²) in [4.78, 5) is 0. The Labute approximate surface area is 102 Å². The fourth-order valence-electron chi connectivity index (χ4n) is 1.95. The van der Waals surface area contributed by atoms with Crippen LogP contribution < -0.4 is 5.73 Å². The Morgan fingerprint density at radius 2 is 1.71 bits per heavy atom. The van der Waals surface area contributed by atoms with Crippen LogP contribution in [0, 0.1) is 6.92 Å². The van der Waals surface area contributed by atoms with E-state index in [4.69, 9.17) is 5.73 Å². The zero-order chi connectivity index (χ0) is 12.3. The van der Waals surface area contributed by atoms with Crippen LogP contribution in [0.2, 0.25) is 0 Å². The Morgan fingerprint density at radius 3 is 2.35 bits per heavy atom. The summed E-state index contributed by atoms with van der Waals surface area (Å²) < 4.78 is 0. The molecule has 0 fully saturated rings. The Kier molecular flexibility index (Phi) is 3.45. The molecule has 0 aliphatic carbocycles. The summed E-state index contributed by atoms with van der Waals surface area (Å²) in [6, 6.07) is 15.6. The summed E-state index contributed by atoms with van der Waals surface area (Å²) in [5.74, 6) is 0. The van der Waals surface area contributed by atoms with Gasteiger partial charge in [-0.3, -0.25) is 0 Å². The van der Waals surface area contributed by atoms with Crippen molar-refractivity contribution in [1.29, 1.82) is 0 Å². The number of hydrogen-bond acceptors (Lipinski definition) is 2. The lowest BCUT2D eigenvalue weighted by atomic mass is 9.98. The maximum Gasteiger partial charge on any atom is 0.0832 e. The summed E-state index contributed by atoms with van der Waals surface area (Å²) >= 11 is 0. The average Bonchev–Trinajstić information content (AvgIpc) is 2.32. The molecule has 2 nitrogen and oxygen atoms in total. The van der Waals surface area contributed by atoms with Crippen molar-refractivity contribution < 1.29 is 5.11 Å². The summed E-state index contributed by atoms with van der Waals surface area (Å²) in [5, 5.41) is 10.2. The fraction of sp³-hybridized carbons (Fsp3) is 0.200. The summed E-state index contributed by atoms with van der Waals surface area (Å²) in [5.41, 5.74) is 9.58. The van der Waals surface area contributed by atoms with Gasteiger partial charge in [-0.05, 0) is 35.7 Å². The van der Waals surface area contributed by atoms with E-state index >= 15 is 0 Å². The topological polar surface area (TPSA) is 46.2 Å². The highest BCUT2D eigenvalue weighted by molar-refractivity contribution is 5.40. The third-order valence-electron chi connectivity index (χ3n) is 2.96. The minimum Gasteiger partial charge on any atom is -0.399 e. The summed E-state index contributed by atoms with van der Waals surface area (Å²) in [7, 11) is 0. The molecule has 0 radical (unpaired) electrons. The molecule has 88 valence electrons. The number of nitrogens with two attached hydrogens (primary N) is 1. The van der Waals surface area contributed by atoms with Crippen LogP contribution in [-0.2, 0) is 6.42 Å². The molecular weight excluding hydrogens is 210 g/mol. The monoisotopic (exact) mass is 227 g/mol. The first-order chi connectivity index (χ1) is 8.16. The molecule has 0 saturated carbocycles. The minimum atomic E-state index is -0.458. The first-order valence-electron chi connectivity index (χ1n) is 5.75. The largest absolute Gasteiger partial charge is 0.399 e. The molecule has 2 aromatic carbocycles. The van der Waals surface area contributed by atoms with Crippen LogP contribution in [0.5, 0.6) is 0 Å². The molecule has 1 unspecified atom stereocenters. The van der Waals surface area contributed by atoms with Crippen molar-refractivity contribution in [2.75, 3.05) is 5.73 Å². The van der Waals surface area contributed by atoms with E-state index in [0.29, 0.717) is 6.42 Å². The molecule has 0 aromatic heterocycles. The molecule has 0 bridgehead atoms. The van der Waals surface area contributed by atoms with Crippen LogP contribution in [-0.4, -0.2) is 5.11 Å². The fourth-order valence-corrected chi connectivity index (χ4v) is 1.95. The first kappa shape index (κ1) is 11.7. The second kappa shape index (κ2) is 5.02. The van der Waals surface area contributed by atoms with Crippen LogP contribution in [0.4, 0.5) is 5.69 Å². The van der Waals surface area contributed by atoms with Crippen molar-refractivity contribution in [3.8, 4) is 0 Å². The van der Waals surface area contributed by atoms with Gasteiger partial charge in [-0.1, -0.05) is 36.4 Å². The van der Waals surface area contributed by atoms with Gasteiger partial charge in [0, 0.05) is 12.1 Å². The highest BCUT2D eigenvalue weighted by atomic mass is 16.3. The van der Waals surface area contributed by atoms with Crippen LogP contribution >= 0.6 is 0 Å². The van der Waals surface area contributed by atoms with Crippen LogP contribution in [0.15, 0.2) is 48.5 Å². The number of benzene rings is 2. The predicted octanol–water partition coefficient (Wildman–Crippen LogP) is 2.85. The van der Waals surface area contributed by atoms with Gasteiger partial charge in [-0.2, -0.15) is 0 Å². The Bertz CT molecular complexity index is 491. The summed E-state index contributed by atoms with van der Waals surface area (Å²) in [6.45, 7) is 2.02. The lowest BCUT2D eigenvalue weighted by Gasteiger charge is -2.13. The third kappa shape index (κ3) is 2.86. The van der Waals surface area contributed by atoms with Gasteiger partial charge in [0.2, 0.25) is 0 Å². The van der Waals surface area contributed by atoms with Gasteiger partial charge in [0.1, 0.15) is 0 Å². The van der Waals surface area contributed by atoms with E-state index in [-0.39, 0.29) is 0 Å². The smallest absolute Gasteiger partial charge is 0.0832 e. The molecule has 17 heavy (non-hydrogen) atoms. The van der Waals surface area contributed by atoms with E-state index in [2.05, 4.69) is 0 Å². The highest BCUT2D eigenvalue weighted by Crippen LogP contribution is 2.21. The van der Waals surface area contributed by atoms with Crippen molar-refractivity contribution in [1.82, 2.24) is 0 Å². The van der Waals surface area contributed by atoms with Gasteiger partial charge in [-0.15, -0.1) is 0 Å². The van der Waals surface area contributed by atoms with Crippen molar-refractivity contribution in [2.45, 2.75) is 19.4 Å². The molecule has 0 amide bonds. The van der Waals surface area contributed by atoms with Crippen molar-refractivity contribution in [2.24, 2.45) is 0 Å². The van der Waals surface area contributed by atoms with E-state index in [1.54, 1.807) is 0 Å². The molecule has 0 aliphatic rings. The number of aryl methyl sites for hydroxylation is 1. The molecule has 1 atom stereocenters. The van der Waals surface area contributed by atoms with Gasteiger partial charge in [0.15, 0.2) is 0 Å². The number of aliphatic hydroxyl groups is 1. The SMILES string of the molecule is Cc1ccccc1C(O)Cc1ccc(N)cc1. The van der Waals surface area contributed by atoms with Crippen LogP contribution in [0.1, 0.15) is 22.8 Å². The lowest BCUT2D eigenvalue weighted by Crippen LogP contribution is -2.03. The maximum atomic E-state index is 10.2. The molecule has 3 N–H and O–H groups in total. The Morgan fingerprint density at radius 1 is 1.06 bits per heavy atom. The molecule has 0 spiro atoms.